The first-order chi connectivity index (χ1) is 12.7. The quantitative estimate of drug-likeness (QED) is 0.450. The normalized spacial score (nSPS) is 10.7. The van der Waals surface area contributed by atoms with Crippen LogP contribution in [-0.4, -0.2) is 28.6 Å². The van der Waals surface area contributed by atoms with E-state index in [0.717, 1.165) is 16.5 Å². The number of aromatic nitrogens is 1. The first-order valence-electron chi connectivity index (χ1n) is 8.41. The number of carbonyl (C=O) groups is 2. The van der Waals surface area contributed by atoms with E-state index in [2.05, 4.69) is 10.3 Å². The molecule has 0 atom stereocenters. The Kier molecular flexibility index (Phi) is 5.66. The minimum absolute atomic E-state index is 0.125. The average molecular weight is 352 g/mol. The number of hydrogen-bond acceptors (Lipinski definition) is 4. The molecule has 0 aliphatic carbocycles. The van der Waals surface area contributed by atoms with E-state index in [1.807, 2.05) is 42.5 Å². The number of anilines is 1. The van der Waals surface area contributed by atoms with Gasteiger partial charge >= 0.3 is 5.97 Å². The molecule has 0 bridgehead atoms. The second kappa shape index (κ2) is 8.31. The molecule has 1 heterocycles. The van der Waals surface area contributed by atoms with Gasteiger partial charge in [-0.05, 0) is 30.0 Å². The zero-order valence-corrected chi connectivity index (χ0v) is 14.2. The van der Waals surface area contributed by atoms with E-state index in [1.54, 1.807) is 12.1 Å². The molecule has 3 rings (SSSR count). The summed E-state index contributed by atoms with van der Waals surface area (Å²) in [6, 6.07) is 16.8. The van der Waals surface area contributed by atoms with Crippen LogP contribution in [0.5, 0.6) is 0 Å². The molecule has 0 spiro atoms. The predicted molar refractivity (Wildman–Crippen MR) is 98.8 cm³/mol. The number of ether oxygens (including phenoxy) is 1. The van der Waals surface area contributed by atoms with Crippen LogP contribution in [0.2, 0.25) is 0 Å². The molecule has 2 aromatic carbocycles. The number of carbonyl (C=O) groups excluding carboxylic acids is 2. The topological polar surface area (TPSA) is 91.4 Å². The van der Waals surface area contributed by atoms with Crippen molar-refractivity contribution in [3.63, 3.8) is 0 Å². The summed E-state index contributed by atoms with van der Waals surface area (Å²) in [5.74, 6) is -0.626. The lowest BCUT2D eigenvalue weighted by Gasteiger charge is -2.09. The van der Waals surface area contributed by atoms with E-state index in [1.165, 1.54) is 0 Å². The fourth-order valence-corrected chi connectivity index (χ4v) is 2.67. The SMILES string of the molecule is O=C(CCCOC(=O)c1ccc(CO)[nH]1)Nc1cccc2ccccc12. The largest absolute Gasteiger partial charge is 0.461 e. The molecule has 6 nitrogen and oxygen atoms in total. The third-order valence-electron chi connectivity index (χ3n) is 3.98. The van der Waals surface area contributed by atoms with Crippen LogP contribution >= 0.6 is 0 Å². The Morgan fingerprint density at radius 1 is 1.04 bits per heavy atom. The highest BCUT2D eigenvalue weighted by molar-refractivity contribution is 6.02. The number of H-pyrrole nitrogens is 1. The Morgan fingerprint density at radius 3 is 2.65 bits per heavy atom. The molecular weight excluding hydrogens is 332 g/mol. The standard InChI is InChI=1S/C20H20N2O4/c23-13-15-10-11-18(21-15)20(25)26-12-4-9-19(24)22-17-8-3-6-14-5-1-2-7-16(14)17/h1-3,5-8,10-11,21,23H,4,9,12-13H2,(H,22,24). The molecule has 134 valence electrons. The first-order valence-corrected chi connectivity index (χ1v) is 8.41. The van der Waals surface area contributed by atoms with E-state index in [9.17, 15) is 9.59 Å². The van der Waals surface area contributed by atoms with Gasteiger partial charge in [0, 0.05) is 23.2 Å². The lowest BCUT2D eigenvalue weighted by Crippen LogP contribution is -2.14. The molecule has 0 saturated heterocycles. The Balaban J connectivity index is 1.46. The summed E-state index contributed by atoms with van der Waals surface area (Å²) in [7, 11) is 0. The van der Waals surface area contributed by atoms with Crippen LogP contribution in [0.25, 0.3) is 10.8 Å². The number of rotatable bonds is 7. The first kappa shape index (κ1) is 17.7. The molecule has 0 saturated carbocycles. The molecule has 0 aliphatic rings. The molecule has 3 aromatic rings. The second-order valence-corrected chi connectivity index (χ2v) is 5.87. The summed E-state index contributed by atoms with van der Waals surface area (Å²) in [6.45, 7) is -0.0170. The maximum atomic E-state index is 12.1. The average Bonchev–Trinajstić information content (AvgIpc) is 3.15. The lowest BCUT2D eigenvalue weighted by atomic mass is 10.1. The van der Waals surface area contributed by atoms with Crippen molar-refractivity contribution >= 4 is 28.3 Å². The van der Waals surface area contributed by atoms with Gasteiger partial charge in [0.05, 0.1) is 13.2 Å². The summed E-state index contributed by atoms with van der Waals surface area (Å²) >= 11 is 0. The van der Waals surface area contributed by atoms with Crippen molar-refractivity contribution < 1.29 is 19.4 Å². The molecule has 0 radical (unpaired) electrons. The van der Waals surface area contributed by atoms with Crippen LogP contribution in [-0.2, 0) is 16.1 Å². The van der Waals surface area contributed by atoms with Crippen molar-refractivity contribution in [2.75, 3.05) is 11.9 Å². The number of benzene rings is 2. The van der Waals surface area contributed by atoms with Crippen LogP contribution in [0.15, 0.2) is 54.6 Å². The number of aliphatic hydroxyl groups excluding tert-OH is 1. The van der Waals surface area contributed by atoms with Crippen LogP contribution in [0.3, 0.4) is 0 Å². The van der Waals surface area contributed by atoms with Crippen molar-refractivity contribution in [1.82, 2.24) is 4.98 Å². The van der Waals surface area contributed by atoms with Crippen molar-refractivity contribution in [3.05, 3.63) is 66.0 Å². The monoisotopic (exact) mass is 352 g/mol. The second-order valence-electron chi connectivity index (χ2n) is 5.87. The Labute approximate surface area is 150 Å². The highest BCUT2D eigenvalue weighted by atomic mass is 16.5. The van der Waals surface area contributed by atoms with E-state index in [0.29, 0.717) is 12.1 Å². The number of aromatic amines is 1. The van der Waals surface area contributed by atoms with Gasteiger partial charge in [-0.3, -0.25) is 4.79 Å². The molecule has 26 heavy (non-hydrogen) atoms. The molecule has 0 unspecified atom stereocenters. The minimum atomic E-state index is -0.501. The van der Waals surface area contributed by atoms with Gasteiger partial charge in [-0.15, -0.1) is 0 Å². The van der Waals surface area contributed by atoms with Crippen LogP contribution in [0.4, 0.5) is 5.69 Å². The summed E-state index contributed by atoms with van der Waals surface area (Å²) in [4.78, 5) is 26.7. The molecule has 0 aliphatic heterocycles. The predicted octanol–water partition coefficient (Wildman–Crippen LogP) is 3.24. The van der Waals surface area contributed by atoms with Crippen LogP contribution < -0.4 is 5.32 Å². The highest BCUT2D eigenvalue weighted by Crippen LogP contribution is 2.23. The molecule has 1 amide bonds. The summed E-state index contributed by atoms with van der Waals surface area (Å²) in [6.07, 6.45) is 0.680. The van der Waals surface area contributed by atoms with Gasteiger partial charge in [0.15, 0.2) is 0 Å². The fourth-order valence-electron chi connectivity index (χ4n) is 2.67. The maximum Gasteiger partial charge on any atom is 0.354 e. The fraction of sp³-hybridized carbons (Fsp3) is 0.200. The molecule has 3 N–H and O–H groups in total. The Bertz CT molecular complexity index is 912. The van der Waals surface area contributed by atoms with Gasteiger partial charge in [0.1, 0.15) is 5.69 Å². The van der Waals surface area contributed by atoms with E-state index >= 15 is 0 Å². The summed E-state index contributed by atoms with van der Waals surface area (Å²) < 4.78 is 5.12. The van der Waals surface area contributed by atoms with Gasteiger partial charge < -0.3 is 20.1 Å². The van der Waals surface area contributed by atoms with Gasteiger partial charge in [-0.25, -0.2) is 4.79 Å². The van der Waals surface area contributed by atoms with Gasteiger partial charge in [-0.1, -0.05) is 36.4 Å². The highest BCUT2D eigenvalue weighted by Gasteiger charge is 2.10. The van der Waals surface area contributed by atoms with E-state index in [-0.39, 0.29) is 31.2 Å². The van der Waals surface area contributed by atoms with Crippen LogP contribution in [0.1, 0.15) is 29.0 Å². The molecule has 1 aromatic heterocycles. The minimum Gasteiger partial charge on any atom is -0.461 e. The number of fused-ring (bicyclic) bond motifs is 1. The Hall–Kier alpha value is -3.12. The number of hydrogen-bond donors (Lipinski definition) is 3. The van der Waals surface area contributed by atoms with Crippen molar-refractivity contribution in [2.45, 2.75) is 19.4 Å². The molecular formula is C20H20N2O4. The molecule has 6 heteroatoms. The van der Waals surface area contributed by atoms with Gasteiger partial charge in [-0.2, -0.15) is 0 Å². The van der Waals surface area contributed by atoms with E-state index < -0.39 is 5.97 Å². The smallest absolute Gasteiger partial charge is 0.354 e. The lowest BCUT2D eigenvalue weighted by molar-refractivity contribution is -0.116. The maximum absolute atomic E-state index is 12.1. The van der Waals surface area contributed by atoms with Crippen LogP contribution in [0, 0.1) is 0 Å². The van der Waals surface area contributed by atoms with E-state index in [4.69, 9.17) is 9.84 Å². The van der Waals surface area contributed by atoms with Gasteiger partial charge in [0.2, 0.25) is 5.91 Å². The number of amides is 1. The summed E-state index contributed by atoms with van der Waals surface area (Å²) in [5.41, 5.74) is 1.61. The zero-order valence-electron chi connectivity index (χ0n) is 14.2. The third kappa shape index (κ3) is 4.29. The third-order valence-corrected chi connectivity index (χ3v) is 3.98. The Morgan fingerprint density at radius 2 is 1.85 bits per heavy atom. The van der Waals surface area contributed by atoms with Crippen molar-refractivity contribution in [3.8, 4) is 0 Å². The van der Waals surface area contributed by atoms with Crippen molar-refractivity contribution in [2.24, 2.45) is 0 Å². The van der Waals surface area contributed by atoms with Gasteiger partial charge in [0.25, 0.3) is 0 Å². The summed E-state index contributed by atoms with van der Waals surface area (Å²) in [5, 5.41) is 13.9. The number of aliphatic hydroxyl groups is 1. The number of nitrogens with one attached hydrogen (secondary N) is 2. The van der Waals surface area contributed by atoms with Crippen molar-refractivity contribution in [1.29, 1.82) is 0 Å². The molecule has 0 fully saturated rings. The number of esters is 1. The zero-order chi connectivity index (χ0) is 18.4.